The van der Waals surface area contributed by atoms with Crippen LogP contribution in [-0.4, -0.2) is 18.0 Å². The van der Waals surface area contributed by atoms with E-state index in [2.05, 4.69) is 0 Å². The van der Waals surface area contributed by atoms with Crippen molar-refractivity contribution in [3.05, 3.63) is 59.1 Å². The number of carbonyl (C=O) groups is 1. The van der Waals surface area contributed by atoms with Crippen molar-refractivity contribution in [2.75, 3.05) is 7.11 Å². The van der Waals surface area contributed by atoms with Gasteiger partial charge in [0.15, 0.2) is 17.3 Å². The third-order valence-electron chi connectivity index (χ3n) is 3.13. The molecule has 1 heterocycles. The van der Waals surface area contributed by atoms with Crippen molar-refractivity contribution < 1.29 is 23.8 Å². The van der Waals surface area contributed by atoms with Crippen molar-refractivity contribution in [3.8, 4) is 17.2 Å². The SMILES string of the molecule is COc1ccc(/C=C2\Oc3cc(O)ccc3C2=O)cc1F. The maximum absolute atomic E-state index is 13.6. The van der Waals surface area contributed by atoms with E-state index in [1.807, 2.05) is 0 Å². The number of halogens is 1. The number of fused-ring (bicyclic) bond motifs is 1. The van der Waals surface area contributed by atoms with Gasteiger partial charge in [-0.1, -0.05) is 6.07 Å². The average Bonchev–Trinajstić information content (AvgIpc) is 2.75. The van der Waals surface area contributed by atoms with E-state index in [0.29, 0.717) is 16.9 Å². The number of rotatable bonds is 2. The highest BCUT2D eigenvalue weighted by molar-refractivity contribution is 6.14. The number of allylic oxidation sites excluding steroid dienone is 1. The third kappa shape index (κ3) is 2.33. The first kappa shape index (κ1) is 13.2. The molecule has 3 rings (SSSR count). The highest BCUT2D eigenvalue weighted by Crippen LogP contribution is 2.34. The van der Waals surface area contributed by atoms with Crippen LogP contribution in [0.15, 0.2) is 42.2 Å². The number of phenolic OH excluding ortho intramolecular Hbond substituents is 1. The Morgan fingerprint density at radius 3 is 2.76 bits per heavy atom. The molecule has 0 radical (unpaired) electrons. The van der Waals surface area contributed by atoms with E-state index >= 15 is 0 Å². The Kier molecular flexibility index (Phi) is 3.10. The molecule has 1 N–H and O–H groups in total. The molecule has 0 atom stereocenters. The molecule has 2 aromatic rings. The highest BCUT2D eigenvalue weighted by Gasteiger charge is 2.27. The van der Waals surface area contributed by atoms with Gasteiger partial charge in [-0.05, 0) is 35.9 Å². The summed E-state index contributed by atoms with van der Waals surface area (Å²) in [6.07, 6.45) is 1.45. The molecule has 1 aliphatic rings. The predicted octanol–water partition coefficient (Wildman–Crippen LogP) is 3.16. The molecule has 21 heavy (non-hydrogen) atoms. The Balaban J connectivity index is 1.95. The van der Waals surface area contributed by atoms with Crippen molar-refractivity contribution in [1.82, 2.24) is 0 Å². The fourth-order valence-electron chi connectivity index (χ4n) is 2.10. The van der Waals surface area contributed by atoms with Gasteiger partial charge in [-0.3, -0.25) is 4.79 Å². The van der Waals surface area contributed by atoms with Gasteiger partial charge >= 0.3 is 0 Å². The van der Waals surface area contributed by atoms with Crippen LogP contribution in [0.25, 0.3) is 6.08 Å². The summed E-state index contributed by atoms with van der Waals surface area (Å²) >= 11 is 0. The van der Waals surface area contributed by atoms with Gasteiger partial charge in [0, 0.05) is 6.07 Å². The molecule has 0 aliphatic carbocycles. The molecule has 0 bridgehead atoms. The molecular weight excluding hydrogens is 275 g/mol. The van der Waals surface area contributed by atoms with Crippen LogP contribution in [0.5, 0.6) is 17.2 Å². The first-order valence-electron chi connectivity index (χ1n) is 6.19. The van der Waals surface area contributed by atoms with E-state index in [1.165, 1.54) is 43.5 Å². The van der Waals surface area contributed by atoms with Crippen molar-refractivity contribution in [2.45, 2.75) is 0 Å². The van der Waals surface area contributed by atoms with Gasteiger partial charge in [-0.25, -0.2) is 4.39 Å². The summed E-state index contributed by atoms with van der Waals surface area (Å²) in [6.45, 7) is 0. The number of Topliss-reactive ketones (excluding diaryl/α,β-unsaturated/α-hetero) is 1. The molecule has 0 aromatic heterocycles. The molecule has 0 saturated heterocycles. The maximum atomic E-state index is 13.6. The van der Waals surface area contributed by atoms with E-state index < -0.39 is 5.82 Å². The summed E-state index contributed by atoms with van der Waals surface area (Å²) in [4.78, 5) is 12.1. The van der Waals surface area contributed by atoms with Crippen molar-refractivity contribution >= 4 is 11.9 Å². The number of methoxy groups -OCH3 is 1. The van der Waals surface area contributed by atoms with Crippen molar-refractivity contribution in [3.63, 3.8) is 0 Å². The number of benzene rings is 2. The lowest BCUT2D eigenvalue weighted by Crippen LogP contribution is -1.98. The van der Waals surface area contributed by atoms with Crippen LogP contribution in [0.4, 0.5) is 4.39 Å². The van der Waals surface area contributed by atoms with Crippen LogP contribution in [0, 0.1) is 5.82 Å². The van der Waals surface area contributed by atoms with E-state index in [9.17, 15) is 14.3 Å². The van der Waals surface area contributed by atoms with Crippen LogP contribution in [0.1, 0.15) is 15.9 Å². The Hall–Kier alpha value is -2.82. The number of ether oxygens (including phenoxy) is 2. The Bertz CT molecular complexity index is 765. The lowest BCUT2D eigenvalue weighted by Gasteiger charge is -2.03. The van der Waals surface area contributed by atoms with Gasteiger partial charge < -0.3 is 14.6 Å². The van der Waals surface area contributed by atoms with Gasteiger partial charge in [0.05, 0.1) is 12.7 Å². The lowest BCUT2D eigenvalue weighted by atomic mass is 10.1. The summed E-state index contributed by atoms with van der Waals surface area (Å²) in [5.74, 6) is -0.309. The first-order valence-corrected chi connectivity index (χ1v) is 6.19. The summed E-state index contributed by atoms with van der Waals surface area (Å²) in [5, 5.41) is 9.38. The zero-order valence-electron chi connectivity index (χ0n) is 11.1. The lowest BCUT2D eigenvalue weighted by molar-refractivity contribution is 0.101. The maximum Gasteiger partial charge on any atom is 0.231 e. The van der Waals surface area contributed by atoms with Crippen LogP contribution >= 0.6 is 0 Å². The zero-order chi connectivity index (χ0) is 15.0. The molecule has 1 aliphatic heterocycles. The van der Waals surface area contributed by atoms with E-state index in [0.717, 1.165) is 0 Å². The second kappa shape index (κ2) is 4.94. The number of carbonyl (C=O) groups excluding carboxylic acids is 1. The van der Waals surface area contributed by atoms with Crippen LogP contribution in [0.2, 0.25) is 0 Å². The molecule has 4 nitrogen and oxygen atoms in total. The topological polar surface area (TPSA) is 55.8 Å². The number of ketones is 1. The van der Waals surface area contributed by atoms with Crippen molar-refractivity contribution in [1.29, 1.82) is 0 Å². The minimum Gasteiger partial charge on any atom is -0.508 e. The van der Waals surface area contributed by atoms with Gasteiger partial charge in [0.2, 0.25) is 5.78 Å². The number of aromatic hydroxyl groups is 1. The third-order valence-corrected chi connectivity index (χ3v) is 3.13. The molecule has 0 saturated carbocycles. The molecule has 0 unspecified atom stereocenters. The minimum atomic E-state index is -0.521. The second-order valence-corrected chi connectivity index (χ2v) is 4.51. The fraction of sp³-hybridized carbons (Fsp3) is 0.0625. The molecule has 106 valence electrons. The van der Waals surface area contributed by atoms with Crippen LogP contribution in [-0.2, 0) is 0 Å². The number of hydrogen-bond donors (Lipinski definition) is 1. The number of hydrogen-bond acceptors (Lipinski definition) is 4. The second-order valence-electron chi connectivity index (χ2n) is 4.51. The molecule has 0 spiro atoms. The largest absolute Gasteiger partial charge is 0.508 e. The summed E-state index contributed by atoms with van der Waals surface area (Å²) in [6, 6.07) is 8.61. The Labute approximate surface area is 120 Å². The quantitative estimate of drug-likeness (QED) is 0.862. The smallest absolute Gasteiger partial charge is 0.231 e. The Morgan fingerprint density at radius 1 is 1.24 bits per heavy atom. The van der Waals surface area contributed by atoms with E-state index in [1.54, 1.807) is 6.07 Å². The summed E-state index contributed by atoms with van der Waals surface area (Å²) in [5.41, 5.74) is 0.849. The van der Waals surface area contributed by atoms with Gasteiger partial charge in [-0.15, -0.1) is 0 Å². The predicted molar refractivity (Wildman–Crippen MR) is 74.0 cm³/mol. The van der Waals surface area contributed by atoms with Gasteiger partial charge in [0.25, 0.3) is 0 Å². The molecule has 0 fully saturated rings. The van der Waals surface area contributed by atoms with Gasteiger partial charge in [0.1, 0.15) is 11.5 Å². The molecule has 5 heteroatoms. The fourth-order valence-corrected chi connectivity index (χ4v) is 2.10. The Morgan fingerprint density at radius 2 is 2.05 bits per heavy atom. The monoisotopic (exact) mass is 286 g/mol. The normalized spacial score (nSPS) is 15.0. The van der Waals surface area contributed by atoms with Crippen LogP contribution in [0.3, 0.4) is 0 Å². The minimum absolute atomic E-state index is 0.0123. The van der Waals surface area contributed by atoms with Crippen molar-refractivity contribution in [2.24, 2.45) is 0 Å². The standard InChI is InChI=1S/C16H11FO4/c1-20-13-5-2-9(6-12(13)17)7-15-16(19)11-4-3-10(18)8-14(11)21-15/h2-8,18H,1H3/b15-7-. The zero-order valence-corrected chi connectivity index (χ0v) is 11.1. The molecule has 2 aromatic carbocycles. The highest BCUT2D eigenvalue weighted by atomic mass is 19.1. The first-order chi connectivity index (χ1) is 10.1. The average molecular weight is 286 g/mol. The molecular formula is C16H11FO4. The number of phenols is 1. The van der Waals surface area contributed by atoms with E-state index in [-0.39, 0.29) is 23.0 Å². The van der Waals surface area contributed by atoms with Crippen LogP contribution < -0.4 is 9.47 Å². The summed E-state index contributed by atoms with van der Waals surface area (Å²) < 4.78 is 23.9. The molecule has 0 amide bonds. The van der Waals surface area contributed by atoms with E-state index in [4.69, 9.17) is 9.47 Å². The van der Waals surface area contributed by atoms with Gasteiger partial charge in [-0.2, -0.15) is 0 Å². The summed E-state index contributed by atoms with van der Waals surface area (Å²) in [7, 11) is 1.38.